The van der Waals surface area contributed by atoms with Crippen LogP contribution in [0.1, 0.15) is 33.0 Å². The largest absolute Gasteiger partial charge is 0.573 e. The van der Waals surface area contributed by atoms with E-state index in [1.165, 1.54) is 12.1 Å². The number of aryl methyl sites for hydroxylation is 1. The van der Waals surface area contributed by atoms with Gasteiger partial charge in [-0.05, 0) is 49.2 Å². The van der Waals surface area contributed by atoms with E-state index < -0.39 is 6.36 Å². The monoisotopic (exact) mass is 475 g/mol. The lowest BCUT2D eigenvalue weighted by molar-refractivity contribution is -0.274. The van der Waals surface area contributed by atoms with E-state index in [1.54, 1.807) is 23.1 Å². The second kappa shape index (κ2) is 9.38. The van der Waals surface area contributed by atoms with E-state index in [1.807, 2.05) is 26.0 Å². The van der Waals surface area contributed by atoms with Crippen molar-refractivity contribution in [3.63, 3.8) is 0 Å². The Balaban J connectivity index is 1.43. The lowest BCUT2D eigenvalue weighted by atomic mass is 9.90. The number of nitrogens with zero attached hydrogens (tertiary/aromatic N) is 2. The smallest absolute Gasteiger partial charge is 0.474 e. The van der Waals surface area contributed by atoms with E-state index in [4.69, 9.17) is 9.84 Å². The lowest BCUT2D eigenvalue weighted by Gasteiger charge is -2.39. The Morgan fingerprint density at radius 3 is 2.53 bits per heavy atom. The van der Waals surface area contributed by atoms with Gasteiger partial charge >= 0.3 is 6.36 Å². The molecule has 0 radical (unpaired) electrons. The quantitative estimate of drug-likeness (QED) is 0.535. The summed E-state index contributed by atoms with van der Waals surface area (Å²) in [6.45, 7) is 4.76. The minimum absolute atomic E-state index is 0.0508. The number of aromatic nitrogens is 2. The fourth-order valence-corrected chi connectivity index (χ4v) is 3.93. The highest BCUT2D eigenvalue weighted by Gasteiger charge is 2.34. The normalized spacial score (nSPS) is 14.1. The first-order valence-corrected chi connectivity index (χ1v) is 10.7. The molecule has 7 nitrogen and oxygen atoms in total. The number of aliphatic hydroxyl groups excluding tert-OH is 1. The van der Waals surface area contributed by atoms with E-state index >= 15 is 0 Å². The maximum absolute atomic E-state index is 13.0. The van der Waals surface area contributed by atoms with Gasteiger partial charge in [0.2, 0.25) is 5.88 Å². The van der Waals surface area contributed by atoms with Gasteiger partial charge in [-0.2, -0.15) is 0 Å². The summed E-state index contributed by atoms with van der Waals surface area (Å²) in [5, 5.41) is 16.1. The standard InChI is InChI=1S/C24H24F3N3O4/c1-14-3-4-17(11-20(14)21-15(2)22(29-28-21)33-10-9-31)23(32)30-12-18(13-30)16-5-7-19(8-6-16)34-24(25,26)27/h3-8,11,18,31H,9-10,12-13H2,1-2H3,(H,28,29). The number of aliphatic hydroxyl groups is 1. The van der Waals surface area contributed by atoms with Crippen LogP contribution in [0.4, 0.5) is 13.2 Å². The summed E-state index contributed by atoms with van der Waals surface area (Å²) in [6.07, 6.45) is -4.73. The highest BCUT2D eigenvalue weighted by molar-refractivity contribution is 5.96. The molecule has 1 aliphatic rings. The number of hydrogen-bond donors (Lipinski definition) is 2. The molecule has 10 heteroatoms. The predicted octanol–water partition coefficient (Wildman–Crippen LogP) is 4.20. The summed E-state index contributed by atoms with van der Waals surface area (Å²) in [5.41, 5.74) is 4.68. The van der Waals surface area contributed by atoms with Crippen LogP contribution in [0.2, 0.25) is 0 Å². The molecular weight excluding hydrogens is 451 g/mol. The Hall–Kier alpha value is -3.53. The van der Waals surface area contributed by atoms with Crippen molar-refractivity contribution in [3.05, 3.63) is 64.7 Å². The molecule has 0 unspecified atom stereocenters. The van der Waals surface area contributed by atoms with Crippen molar-refractivity contribution in [1.82, 2.24) is 15.1 Å². The zero-order valence-electron chi connectivity index (χ0n) is 18.6. The number of rotatable bonds is 7. The Kier molecular flexibility index (Phi) is 6.52. The van der Waals surface area contributed by atoms with Crippen molar-refractivity contribution >= 4 is 5.91 Å². The van der Waals surface area contributed by atoms with E-state index in [0.29, 0.717) is 24.5 Å². The molecular formula is C24H24F3N3O4. The molecule has 0 spiro atoms. The van der Waals surface area contributed by atoms with Gasteiger partial charge in [-0.15, -0.1) is 18.3 Å². The maximum Gasteiger partial charge on any atom is 0.573 e. The number of halogens is 3. The van der Waals surface area contributed by atoms with Gasteiger partial charge in [-0.1, -0.05) is 18.2 Å². The summed E-state index contributed by atoms with van der Waals surface area (Å²) in [5.74, 6) is 0.0606. The van der Waals surface area contributed by atoms with Gasteiger partial charge in [0, 0.05) is 35.7 Å². The van der Waals surface area contributed by atoms with Gasteiger partial charge < -0.3 is 19.5 Å². The van der Waals surface area contributed by atoms with Crippen LogP contribution in [-0.4, -0.2) is 58.8 Å². The minimum atomic E-state index is -4.73. The first-order valence-electron chi connectivity index (χ1n) is 10.7. The van der Waals surface area contributed by atoms with E-state index in [9.17, 15) is 18.0 Å². The average Bonchev–Trinajstić information content (AvgIpc) is 3.11. The predicted molar refractivity (Wildman–Crippen MR) is 118 cm³/mol. The first-order chi connectivity index (χ1) is 16.2. The number of H-pyrrole nitrogens is 1. The zero-order chi connectivity index (χ0) is 24.5. The van der Waals surface area contributed by atoms with Crippen LogP contribution in [0.5, 0.6) is 11.6 Å². The van der Waals surface area contributed by atoms with Crippen molar-refractivity contribution in [3.8, 4) is 22.9 Å². The fourth-order valence-electron chi connectivity index (χ4n) is 3.93. The number of nitrogens with one attached hydrogen (secondary N) is 1. The molecule has 34 heavy (non-hydrogen) atoms. The van der Waals surface area contributed by atoms with Crippen molar-refractivity contribution < 1.29 is 32.5 Å². The third-order valence-electron chi connectivity index (χ3n) is 5.80. The number of amides is 1. The SMILES string of the molecule is Cc1ccc(C(=O)N2CC(c3ccc(OC(F)(F)F)cc3)C2)cc1-c1[nH]nc(OCCO)c1C. The minimum Gasteiger partial charge on any atom is -0.474 e. The van der Waals surface area contributed by atoms with Crippen molar-refractivity contribution in [2.75, 3.05) is 26.3 Å². The van der Waals surface area contributed by atoms with Crippen LogP contribution in [0.3, 0.4) is 0 Å². The van der Waals surface area contributed by atoms with Crippen LogP contribution in [0.25, 0.3) is 11.3 Å². The number of carbonyl (C=O) groups is 1. The van der Waals surface area contributed by atoms with Gasteiger partial charge in [0.1, 0.15) is 12.4 Å². The number of hydrogen-bond acceptors (Lipinski definition) is 5. The molecule has 1 fully saturated rings. The van der Waals surface area contributed by atoms with Crippen LogP contribution in [-0.2, 0) is 0 Å². The molecule has 0 saturated carbocycles. The van der Waals surface area contributed by atoms with E-state index in [-0.39, 0.29) is 30.8 Å². The van der Waals surface area contributed by atoms with E-state index in [0.717, 1.165) is 27.9 Å². The molecule has 2 heterocycles. The highest BCUT2D eigenvalue weighted by atomic mass is 19.4. The molecule has 180 valence electrons. The molecule has 1 aliphatic heterocycles. The zero-order valence-corrected chi connectivity index (χ0v) is 18.6. The molecule has 1 aromatic heterocycles. The van der Waals surface area contributed by atoms with Crippen LogP contribution in [0, 0.1) is 13.8 Å². The number of likely N-dealkylation sites (tertiary alicyclic amines) is 1. The Labute approximate surface area is 194 Å². The summed E-state index contributed by atoms with van der Waals surface area (Å²) >= 11 is 0. The first kappa shape index (κ1) is 23.6. The van der Waals surface area contributed by atoms with Gasteiger partial charge in [0.25, 0.3) is 5.91 Å². The molecule has 0 atom stereocenters. The maximum atomic E-state index is 13.0. The van der Waals surface area contributed by atoms with Crippen LogP contribution in [0.15, 0.2) is 42.5 Å². The lowest BCUT2D eigenvalue weighted by Crippen LogP contribution is -2.48. The van der Waals surface area contributed by atoms with Crippen LogP contribution >= 0.6 is 0 Å². The highest BCUT2D eigenvalue weighted by Crippen LogP contribution is 2.33. The van der Waals surface area contributed by atoms with Crippen molar-refractivity contribution in [2.24, 2.45) is 0 Å². The second-order valence-corrected chi connectivity index (χ2v) is 8.15. The van der Waals surface area contributed by atoms with Gasteiger partial charge in [-0.25, -0.2) is 0 Å². The number of benzene rings is 2. The Morgan fingerprint density at radius 1 is 1.18 bits per heavy atom. The summed E-state index contributed by atoms with van der Waals surface area (Å²) in [6, 6.07) is 11.2. The summed E-state index contributed by atoms with van der Waals surface area (Å²) in [7, 11) is 0. The molecule has 3 aromatic rings. The van der Waals surface area contributed by atoms with Crippen LogP contribution < -0.4 is 9.47 Å². The van der Waals surface area contributed by atoms with Crippen molar-refractivity contribution in [2.45, 2.75) is 26.1 Å². The Morgan fingerprint density at radius 2 is 1.88 bits per heavy atom. The van der Waals surface area contributed by atoms with E-state index in [2.05, 4.69) is 14.9 Å². The number of alkyl halides is 3. The second-order valence-electron chi connectivity index (χ2n) is 8.15. The van der Waals surface area contributed by atoms with Gasteiger partial charge in [0.15, 0.2) is 0 Å². The summed E-state index contributed by atoms with van der Waals surface area (Å²) < 4.78 is 46.3. The van der Waals surface area contributed by atoms with Gasteiger partial charge in [-0.3, -0.25) is 9.89 Å². The molecule has 1 amide bonds. The molecule has 0 bridgehead atoms. The molecule has 2 N–H and O–H groups in total. The number of ether oxygens (including phenoxy) is 2. The molecule has 0 aliphatic carbocycles. The van der Waals surface area contributed by atoms with Crippen molar-refractivity contribution in [1.29, 1.82) is 0 Å². The third kappa shape index (κ3) is 5.01. The number of carbonyl (C=O) groups excluding carboxylic acids is 1. The molecule has 4 rings (SSSR count). The average molecular weight is 475 g/mol. The fraction of sp³-hybridized carbons (Fsp3) is 0.333. The summed E-state index contributed by atoms with van der Waals surface area (Å²) in [4.78, 5) is 14.7. The van der Waals surface area contributed by atoms with Gasteiger partial charge in [0.05, 0.1) is 12.3 Å². The number of aromatic amines is 1. The topological polar surface area (TPSA) is 87.7 Å². The third-order valence-corrected chi connectivity index (χ3v) is 5.80. The molecule has 2 aromatic carbocycles. The Bertz CT molecular complexity index is 1170. The molecule has 1 saturated heterocycles.